The maximum absolute atomic E-state index is 10.5. The van der Waals surface area contributed by atoms with Gasteiger partial charge in [-0.05, 0) is 24.3 Å². The predicted octanol–water partition coefficient (Wildman–Crippen LogP) is 0.284. The van der Waals surface area contributed by atoms with Crippen LogP contribution < -0.4 is 5.73 Å². The summed E-state index contributed by atoms with van der Waals surface area (Å²) in [7, 11) is 0. The molecule has 0 heterocycles. The molecule has 22 heavy (non-hydrogen) atoms. The minimum absolute atomic E-state index is 0. The van der Waals surface area contributed by atoms with Crippen LogP contribution in [0, 0.1) is 0 Å². The van der Waals surface area contributed by atoms with Crippen molar-refractivity contribution >= 4 is 71.0 Å². The maximum atomic E-state index is 10.5. The Bertz CT molecular complexity index is 579. The van der Waals surface area contributed by atoms with Crippen molar-refractivity contribution in [2.24, 2.45) is 5.73 Å². The number of hydrogen-bond donors (Lipinski definition) is 4. The summed E-state index contributed by atoms with van der Waals surface area (Å²) in [6.07, 6.45) is 0. The Labute approximate surface area is 171 Å². The van der Waals surface area contributed by atoms with Crippen LogP contribution >= 0.6 is 0 Å². The van der Waals surface area contributed by atoms with Gasteiger partial charge in [0.05, 0.1) is 5.56 Å². The zero-order valence-electron chi connectivity index (χ0n) is 10.4. The van der Waals surface area contributed by atoms with Gasteiger partial charge in [-0.2, -0.15) is 0 Å². The van der Waals surface area contributed by atoms with Crippen LogP contribution in [0.15, 0.2) is 48.5 Å². The van der Waals surface area contributed by atoms with Gasteiger partial charge in [-0.3, -0.25) is 4.79 Å². The number of phenols is 2. The van der Waals surface area contributed by atoms with Crippen molar-refractivity contribution in [3.05, 3.63) is 59.7 Å². The van der Waals surface area contributed by atoms with E-state index in [1.807, 2.05) is 0 Å². The molecule has 0 aliphatic heterocycles. The topological polar surface area (TPSA) is 121 Å². The molecular weight excluding hydrogens is 308 g/mol. The number of hydrogen-bond acceptors (Lipinski definition) is 4. The van der Waals surface area contributed by atoms with Crippen molar-refractivity contribution in [3.63, 3.8) is 0 Å². The average molecular weight is 323 g/mol. The Morgan fingerprint density at radius 2 is 1.14 bits per heavy atom. The number of carbonyl (C=O) groups is 2. The summed E-state index contributed by atoms with van der Waals surface area (Å²) in [5, 5.41) is 26.3. The number of carbonyl (C=O) groups excluding carboxylic acids is 1. The third kappa shape index (κ3) is 7.31. The van der Waals surface area contributed by atoms with Gasteiger partial charge < -0.3 is 21.1 Å². The number of rotatable bonds is 2. The fourth-order valence-electron chi connectivity index (χ4n) is 1.34. The Balaban J connectivity index is 0. The Morgan fingerprint density at radius 3 is 1.36 bits per heavy atom. The second-order valence-corrected chi connectivity index (χ2v) is 3.70. The zero-order chi connectivity index (χ0) is 15.1. The third-order valence-corrected chi connectivity index (χ3v) is 2.30. The molecule has 0 aromatic heterocycles. The SMILES string of the molecule is NC(=O)c1ccccc1O.O=C(O)c1ccccc1O.[NaH].[NaH]. The van der Waals surface area contributed by atoms with Crippen molar-refractivity contribution < 1.29 is 24.9 Å². The number of aromatic carboxylic acids is 1. The first-order chi connectivity index (χ1) is 9.43. The Morgan fingerprint density at radius 1 is 0.773 bits per heavy atom. The summed E-state index contributed by atoms with van der Waals surface area (Å²) in [5.41, 5.74) is 5.00. The molecule has 0 unspecified atom stereocenters. The van der Waals surface area contributed by atoms with E-state index in [1.54, 1.807) is 24.3 Å². The second-order valence-electron chi connectivity index (χ2n) is 3.70. The monoisotopic (exact) mass is 323 g/mol. The molecule has 0 aliphatic rings. The van der Waals surface area contributed by atoms with Crippen molar-refractivity contribution in [1.82, 2.24) is 0 Å². The van der Waals surface area contributed by atoms with E-state index in [0.717, 1.165) is 0 Å². The van der Waals surface area contributed by atoms with E-state index in [1.165, 1.54) is 24.3 Å². The van der Waals surface area contributed by atoms with Crippen LogP contribution in [0.4, 0.5) is 0 Å². The molecule has 1 amide bonds. The molecule has 0 saturated heterocycles. The normalized spacial score (nSPS) is 8.36. The van der Waals surface area contributed by atoms with E-state index in [9.17, 15) is 9.59 Å². The molecule has 2 rings (SSSR count). The van der Waals surface area contributed by atoms with Crippen LogP contribution in [0.1, 0.15) is 20.7 Å². The zero-order valence-corrected chi connectivity index (χ0v) is 10.4. The molecular formula is C14H15NNa2O5. The van der Waals surface area contributed by atoms with Gasteiger partial charge in [0.2, 0.25) is 0 Å². The van der Waals surface area contributed by atoms with Crippen LogP contribution in [-0.4, -0.2) is 86.3 Å². The number of carboxylic acids is 1. The van der Waals surface area contributed by atoms with Crippen LogP contribution in [0.3, 0.4) is 0 Å². The quantitative estimate of drug-likeness (QED) is 0.592. The van der Waals surface area contributed by atoms with E-state index >= 15 is 0 Å². The number of amides is 1. The number of benzene rings is 2. The summed E-state index contributed by atoms with van der Waals surface area (Å²) in [4.78, 5) is 20.7. The fraction of sp³-hybridized carbons (Fsp3) is 0. The van der Waals surface area contributed by atoms with Gasteiger partial charge in [0.25, 0.3) is 5.91 Å². The number of primary amides is 1. The molecule has 2 aromatic carbocycles. The van der Waals surface area contributed by atoms with Gasteiger partial charge >= 0.3 is 65.1 Å². The summed E-state index contributed by atoms with van der Waals surface area (Å²) in [6, 6.07) is 12.0. The van der Waals surface area contributed by atoms with Crippen molar-refractivity contribution in [2.45, 2.75) is 0 Å². The summed E-state index contributed by atoms with van der Waals surface area (Å²) >= 11 is 0. The van der Waals surface area contributed by atoms with Gasteiger partial charge in [-0.25, -0.2) is 4.79 Å². The molecule has 108 valence electrons. The number of aromatic hydroxyl groups is 2. The number of carboxylic acid groups (broad SMARTS) is 1. The van der Waals surface area contributed by atoms with Crippen LogP contribution in [-0.2, 0) is 0 Å². The first kappa shape index (κ1) is 23.2. The molecule has 0 radical (unpaired) electrons. The second kappa shape index (κ2) is 11.5. The van der Waals surface area contributed by atoms with E-state index < -0.39 is 11.9 Å². The van der Waals surface area contributed by atoms with Crippen molar-refractivity contribution in [3.8, 4) is 11.5 Å². The van der Waals surface area contributed by atoms with E-state index in [0.29, 0.717) is 0 Å². The van der Waals surface area contributed by atoms with Crippen molar-refractivity contribution in [2.75, 3.05) is 0 Å². The van der Waals surface area contributed by atoms with Crippen LogP contribution in [0.2, 0.25) is 0 Å². The molecule has 5 N–H and O–H groups in total. The molecule has 8 heteroatoms. The fourth-order valence-corrected chi connectivity index (χ4v) is 1.34. The third-order valence-electron chi connectivity index (χ3n) is 2.30. The average Bonchev–Trinajstić information content (AvgIpc) is 2.40. The first-order valence-electron chi connectivity index (χ1n) is 5.52. The van der Waals surface area contributed by atoms with Crippen LogP contribution in [0.5, 0.6) is 11.5 Å². The Kier molecular flexibility index (Phi) is 12.2. The first-order valence-corrected chi connectivity index (χ1v) is 5.52. The van der Waals surface area contributed by atoms with E-state index in [4.69, 9.17) is 21.1 Å². The van der Waals surface area contributed by atoms with Gasteiger partial charge in [0, 0.05) is 0 Å². The van der Waals surface area contributed by atoms with Gasteiger partial charge in [0.15, 0.2) is 0 Å². The van der Waals surface area contributed by atoms with Gasteiger partial charge in [-0.15, -0.1) is 0 Å². The van der Waals surface area contributed by atoms with Crippen LogP contribution in [0.25, 0.3) is 0 Å². The molecule has 6 nitrogen and oxygen atoms in total. The molecule has 0 fully saturated rings. The molecule has 0 aliphatic carbocycles. The number of para-hydroxylation sites is 2. The molecule has 2 aromatic rings. The Hall–Kier alpha value is -1.02. The summed E-state index contributed by atoms with van der Waals surface area (Å²) < 4.78 is 0. The minimum atomic E-state index is -1.11. The predicted molar refractivity (Wildman–Crippen MR) is 86.0 cm³/mol. The van der Waals surface area contributed by atoms with E-state index in [2.05, 4.69) is 0 Å². The standard InChI is InChI=1S/C7H7NO2.C7H6O3.2Na.2H/c8-7(10)5-3-1-2-4-6(5)9;8-6-4-2-1-3-5(6)7(9)10;;;;/h1-4,9H,(H2,8,10);1-4,8H,(H,9,10);;;;. The molecule has 0 bridgehead atoms. The molecule has 0 spiro atoms. The number of nitrogens with two attached hydrogens (primary N) is 1. The molecule has 0 atom stereocenters. The van der Waals surface area contributed by atoms with E-state index in [-0.39, 0.29) is 81.7 Å². The van der Waals surface area contributed by atoms with Crippen molar-refractivity contribution in [1.29, 1.82) is 0 Å². The van der Waals surface area contributed by atoms with Gasteiger partial charge in [0.1, 0.15) is 17.1 Å². The summed E-state index contributed by atoms with van der Waals surface area (Å²) in [5.74, 6) is -2.00. The molecule has 0 saturated carbocycles. The van der Waals surface area contributed by atoms with Gasteiger partial charge in [-0.1, -0.05) is 24.3 Å². The summed E-state index contributed by atoms with van der Waals surface area (Å²) in [6.45, 7) is 0.